The van der Waals surface area contributed by atoms with Gasteiger partial charge < -0.3 is 14.6 Å². The van der Waals surface area contributed by atoms with Crippen LogP contribution < -0.4 is 10.9 Å². The number of esters is 1. The average Bonchev–Trinajstić information content (AvgIpc) is 2.54. The Morgan fingerprint density at radius 3 is 2.57 bits per heavy atom. The number of ether oxygens (including phenoxy) is 1. The van der Waals surface area contributed by atoms with Crippen LogP contribution in [0, 0.1) is 5.82 Å². The van der Waals surface area contributed by atoms with Gasteiger partial charge in [0.2, 0.25) is 0 Å². The summed E-state index contributed by atoms with van der Waals surface area (Å²) < 4.78 is 18.7. The van der Waals surface area contributed by atoms with Crippen molar-refractivity contribution >= 4 is 11.9 Å². The van der Waals surface area contributed by atoms with E-state index in [1.54, 1.807) is 24.3 Å². The van der Waals surface area contributed by atoms with Crippen LogP contribution in [-0.4, -0.2) is 23.1 Å². The predicted octanol–water partition coefficient (Wildman–Crippen LogP) is 0.847. The molecule has 2 rings (SSSR count). The third-order valence-electron chi connectivity index (χ3n) is 2.97. The molecule has 0 saturated carbocycles. The Morgan fingerprint density at radius 2 is 1.87 bits per heavy atom. The molecule has 1 aromatic carbocycles. The van der Waals surface area contributed by atoms with E-state index in [9.17, 15) is 18.8 Å². The number of carbonyl (C=O) groups is 2. The topological polar surface area (TPSA) is 77.4 Å². The fourth-order valence-corrected chi connectivity index (χ4v) is 1.78. The fourth-order valence-electron chi connectivity index (χ4n) is 1.78. The van der Waals surface area contributed by atoms with Crippen LogP contribution in [0.1, 0.15) is 5.56 Å². The molecule has 1 N–H and O–H groups in total. The highest BCUT2D eigenvalue weighted by Gasteiger charge is 2.08. The second-order valence-electron chi connectivity index (χ2n) is 4.73. The maximum atomic E-state index is 12.7. The standard InChI is InChI=1S/C16H15FN2O4/c17-13-6-4-12(5-7-13)9-18-14(20)11-23-16(22)10-19-8-2-1-3-15(19)21/h1-8H,9-11H2,(H,18,20). The molecule has 0 unspecified atom stereocenters. The first-order chi connectivity index (χ1) is 11.0. The summed E-state index contributed by atoms with van der Waals surface area (Å²) in [6, 6.07) is 10.2. The second kappa shape index (κ2) is 7.88. The quantitative estimate of drug-likeness (QED) is 0.801. The Labute approximate surface area is 131 Å². The second-order valence-corrected chi connectivity index (χ2v) is 4.73. The van der Waals surface area contributed by atoms with Crippen molar-refractivity contribution in [1.82, 2.24) is 9.88 Å². The number of carbonyl (C=O) groups excluding carboxylic acids is 2. The van der Waals surface area contributed by atoms with Crippen molar-refractivity contribution in [2.75, 3.05) is 6.61 Å². The summed E-state index contributed by atoms with van der Waals surface area (Å²) >= 11 is 0. The zero-order valence-corrected chi connectivity index (χ0v) is 12.2. The van der Waals surface area contributed by atoms with Crippen LogP contribution in [-0.2, 0) is 27.4 Å². The molecule has 120 valence electrons. The van der Waals surface area contributed by atoms with Gasteiger partial charge in [0.05, 0.1) is 0 Å². The molecule has 0 bridgehead atoms. The van der Waals surface area contributed by atoms with Crippen molar-refractivity contribution in [3.05, 3.63) is 70.4 Å². The summed E-state index contributed by atoms with van der Waals surface area (Å²) in [4.78, 5) is 34.6. The minimum atomic E-state index is -0.685. The molecule has 1 amide bonds. The summed E-state index contributed by atoms with van der Waals surface area (Å²) in [5.41, 5.74) is 0.395. The number of aromatic nitrogens is 1. The zero-order chi connectivity index (χ0) is 16.7. The lowest BCUT2D eigenvalue weighted by Gasteiger charge is -2.08. The number of nitrogens with zero attached hydrogens (tertiary/aromatic N) is 1. The zero-order valence-electron chi connectivity index (χ0n) is 12.2. The third kappa shape index (κ3) is 5.39. The van der Waals surface area contributed by atoms with E-state index >= 15 is 0 Å². The van der Waals surface area contributed by atoms with Gasteiger partial charge in [-0.15, -0.1) is 0 Å². The van der Waals surface area contributed by atoms with Crippen LogP contribution in [0.25, 0.3) is 0 Å². The van der Waals surface area contributed by atoms with E-state index in [1.165, 1.54) is 29.0 Å². The van der Waals surface area contributed by atoms with Crippen molar-refractivity contribution in [2.24, 2.45) is 0 Å². The van der Waals surface area contributed by atoms with Gasteiger partial charge in [-0.25, -0.2) is 4.39 Å². The van der Waals surface area contributed by atoms with Gasteiger partial charge in [0.25, 0.3) is 11.5 Å². The van der Waals surface area contributed by atoms with Crippen molar-refractivity contribution in [2.45, 2.75) is 13.1 Å². The summed E-state index contributed by atoms with van der Waals surface area (Å²) in [5.74, 6) is -1.52. The lowest BCUT2D eigenvalue weighted by Crippen LogP contribution is -2.30. The molecular weight excluding hydrogens is 303 g/mol. The first kappa shape index (κ1) is 16.4. The van der Waals surface area contributed by atoms with Crippen LogP contribution in [0.3, 0.4) is 0 Å². The lowest BCUT2D eigenvalue weighted by molar-refractivity contribution is -0.149. The van der Waals surface area contributed by atoms with Crippen LogP contribution in [0.2, 0.25) is 0 Å². The summed E-state index contributed by atoms with van der Waals surface area (Å²) in [5, 5.41) is 2.54. The minimum absolute atomic E-state index is 0.203. The van der Waals surface area contributed by atoms with E-state index in [-0.39, 0.29) is 24.5 Å². The highest BCUT2D eigenvalue weighted by molar-refractivity contribution is 5.80. The Hall–Kier alpha value is -2.96. The number of pyridine rings is 1. The molecule has 23 heavy (non-hydrogen) atoms. The van der Waals surface area contributed by atoms with E-state index < -0.39 is 18.5 Å². The van der Waals surface area contributed by atoms with E-state index in [0.717, 1.165) is 5.56 Å². The first-order valence-electron chi connectivity index (χ1n) is 6.87. The highest BCUT2D eigenvalue weighted by atomic mass is 19.1. The predicted molar refractivity (Wildman–Crippen MR) is 79.9 cm³/mol. The Morgan fingerprint density at radius 1 is 1.13 bits per heavy atom. The number of hydrogen-bond donors (Lipinski definition) is 1. The normalized spacial score (nSPS) is 10.1. The third-order valence-corrected chi connectivity index (χ3v) is 2.97. The minimum Gasteiger partial charge on any atom is -0.454 e. The number of hydrogen-bond acceptors (Lipinski definition) is 4. The first-order valence-corrected chi connectivity index (χ1v) is 6.87. The highest BCUT2D eigenvalue weighted by Crippen LogP contribution is 2.01. The van der Waals surface area contributed by atoms with Crippen molar-refractivity contribution < 1.29 is 18.7 Å². The molecule has 7 heteroatoms. The number of amides is 1. The van der Waals surface area contributed by atoms with Gasteiger partial charge in [-0.1, -0.05) is 18.2 Å². The molecule has 0 aliphatic rings. The molecule has 0 aliphatic carbocycles. The van der Waals surface area contributed by atoms with Crippen molar-refractivity contribution in [3.8, 4) is 0 Å². The molecule has 6 nitrogen and oxygen atoms in total. The average molecular weight is 318 g/mol. The molecule has 0 saturated heterocycles. The van der Waals surface area contributed by atoms with Crippen molar-refractivity contribution in [1.29, 1.82) is 0 Å². The molecular formula is C16H15FN2O4. The van der Waals surface area contributed by atoms with E-state index in [1.807, 2.05) is 0 Å². The Bertz CT molecular complexity index is 740. The summed E-state index contributed by atoms with van der Waals surface area (Å²) in [6.07, 6.45) is 1.46. The number of rotatable bonds is 6. The van der Waals surface area contributed by atoms with Gasteiger partial charge in [-0.05, 0) is 23.8 Å². The fraction of sp³-hybridized carbons (Fsp3) is 0.188. The maximum absolute atomic E-state index is 12.7. The van der Waals surface area contributed by atoms with Gasteiger partial charge in [-0.2, -0.15) is 0 Å². The molecule has 1 heterocycles. The molecule has 0 aliphatic heterocycles. The van der Waals surface area contributed by atoms with Gasteiger partial charge in [-0.3, -0.25) is 14.4 Å². The number of benzene rings is 1. The van der Waals surface area contributed by atoms with E-state index in [0.29, 0.717) is 0 Å². The number of nitrogens with one attached hydrogen (secondary N) is 1. The maximum Gasteiger partial charge on any atom is 0.326 e. The monoisotopic (exact) mass is 318 g/mol. The summed E-state index contributed by atoms with van der Waals surface area (Å²) in [6.45, 7) is -0.499. The van der Waals surface area contributed by atoms with Crippen LogP contribution >= 0.6 is 0 Å². The van der Waals surface area contributed by atoms with Crippen LogP contribution in [0.4, 0.5) is 4.39 Å². The van der Waals surface area contributed by atoms with E-state index in [2.05, 4.69) is 5.32 Å². The molecule has 0 spiro atoms. The molecule has 0 atom stereocenters. The van der Waals surface area contributed by atoms with Gasteiger partial charge in [0, 0.05) is 18.8 Å². The smallest absolute Gasteiger partial charge is 0.326 e. The van der Waals surface area contributed by atoms with E-state index in [4.69, 9.17) is 4.74 Å². The van der Waals surface area contributed by atoms with Gasteiger partial charge in [0.1, 0.15) is 12.4 Å². The van der Waals surface area contributed by atoms with Gasteiger partial charge >= 0.3 is 5.97 Å². The van der Waals surface area contributed by atoms with Crippen molar-refractivity contribution in [3.63, 3.8) is 0 Å². The van der Waals surface area contributed by atoms with Crippen LogP contribution in [0.5, 0.6) is 0 Å². The Kier molecular flexibility index (Phi) is 5.62. The molecule has 2 aromatic rings. The SMILES string of the molecule is O=C(COC(=O)Cn1ccccc1=O)NCc1ccc(F)cc1. The number of halogens is 1. The summed E-state index contributed by atoms with van der Waals surface area (Å²) in [7, 11) is 0. The lowest BCUT2D eigenvalue weighted by atomic mass is 10.2. The molecule has 0 fully saturated rings. The molecule has 1 aromatic heterocycles. The van der Waals surface area contributed by atoms with Gasteiger partial charge in [0.15, 0.2) is 6.61 Å². The largest absolute Gasteiger partial charge is 0.454 e. The Balaban J connectivity index is 1.73. The molecule has 0 radical (unpaired) electrons. The van der Waals surface area contributed by atoms with Crippen LogP contribution in [0.15, 0.2) is 53.5 Å².